The van der Waals surface area contributed by atoms with Crippen molar-refractivity contribution in [2.75, 3.05) is 4.90 Å². The highest BCUT2D eigenvalue weighted by Gasteiger charge is 2.22. The smallest absolute Gasteiger partial charge is 0.160 e. The number of rotatable bonds is 4. The summed E-state index contributed by atoms with van der Waals surface area (Å²) in [6.07, 6.45) is 0. The van der Waals surface area contributed by atoms with Gasteiger partial charge in [0.2, 0.25) is 0 Å². The molecule has 3 nitrogen and oxygen atoms in total. The summed E-state index contributed by atoms with van der Waals surface area (Å²) in [5, 5.41) is 7.17. The van der Waals surface area contributed by atoms with Gasteiger partial charge in [-0.15, -0.1) is 0 Å². The summed E-state index contributed by atoms with van der Waals surface area (Å²) >= 11 is 0. The van der Waals surface area contributed by atoms with E-state index in [9.17, 15) is 0 Å². The van der Waals surface area contributed by atoms with E-state index < -0.39 is 0 Å². The van der Waals surface area contributed by atoms with Gasteiger partial charge in [0, 0.05) is 38.6 Å². The average Bonchev–Trinajstić information content (AvgIpc) is 3.63. The number of benzene rings is 7. The molecule has 0 fully saturated rings. The van der Waals surface area contributed by atoms with Crippen molar-refractivity contribution in [3.63, 3.8) is 0 Å². The van der Waals surface area contributed by atoms with Crippen molar-refractivity contribution in [1.29, 1.82) is 0 Å². The minimum Gasteiger partial charge on any atom is -0.454 e. The van der Waals surface area contributed by atoms with Crippen LogP contribution in [0.5, 0.6) is 0 Å². The average molecular weight is 551 g/mol. The molecule has 0 saturated carbocycles. The number of furan rings is 1. The Kier molecular flexibility index (Phi) is 5.20. The molecule has 2 aromatic heterocycles. The van der Waals surface area contributed by atoms with Crippen molar-refractivity contribution in [3.8, 4) is 5.69 Å². The first kappa shape index (κ1) is 23.9. The van der Waals surface area contributed by atoms with Crippen LogP contribution in [0, 0.1) is 0 Å². The molecule has 0 aliphatic rings. The van der Waals surface area contributed by atoms with Gasteiger partial charge in [0.25, 0.3) is 0 Å². The fourth-order valence-electron chi connectivity index (χ4n) is 6.68. The molecule has 0 amide bonds. The van der Waals surface area contributed by atoms with Crippen LogP contribution in [0.1, 0.15) is 0 Å². The molecule has 43 heavy (non-hydrogen) atoms. The van der Waals surface area contributed by atoms with E-state index in [-0.39, 0.29) is 0 Å². The minimum absolute atomic E-state index is 0.884. The Hall–Kier alpha value is -5.80. The van der Waals surface area contributed by atoms with Crippen molar-refractivity contribution in [1.82, 2.24) is 4.57 Å². The summed E-state index contributed by atoms with van der Waals surface area (Å²) in [7, 11) is 0. The zero-order valence-electron chi connectivity index (χ0n) is 23.3. The van der Waals surface area contributed by atoms with Crippen molar-refractivity contribution < 1.29 is 4.42 Å². The number of aromatic nitrogens is 1. The van der Waals surface area contributed by atoms with Crippen LogP contribution in [0.4, 0.5) is 17.1 Å². The lowest BCUT2D eigenvalue weighted by molar-refractivity contribution is 0.669. The fraction of sp³-hybridized carbons (Fsp3) is 0. The number of nitrogens with zero attached hydrogens (tertiary/aromatic N) is 2. The molecular formula is C40H26N2O. The first-order chi connectivity index (χ1) is 21.3. The summed E-state index contributed by atoms with van der Waals surface area (Å²) in [6.45, 7) is 0. The number of hydrogen-bond donors (Lipinski definition) is 0. The summed E-state index contributed by atoms with van der Waals surface area (Å²) < 4.78 is 9.00. The largest absolute Gasteiger partial charge is 0.454 e. The summed E-state index contributed by atoms with van der Waals surface area (Å²) in [4.78, 5) is 2.31. The highest BCUT2D eigenvalue weighted by atomic mass is 16.3. The third-order valence-electron chi connectivity index (χ3n) is 8.55. The van der Waals surface area contributed by atoms with Crippen LogP contribution < -0.4 is 4.90 Å². The second-order valence-electron chi connectivity index (χ2n) is 11.0. The number of fused-ring (bicyclic) bond motifs is 8. The molecule has 0 N–H and O–H groups in total. The van der Waals surface area contributed by atoms with Crippen LogP contribution in [0.15, 0.2) is 162 Å². The number of para-hydroxylation sites is 4. The van der Waals surface area contributed by atoms with Crippen molar-refractivity contribution in [2.45, 2.75) is 0 Å². The Labute approximate surface area is 248 Å². The maximum absolute atomic E-state index is 6.65. The molecule has 3 heteroatoms. The van der Waals surface area contributed by atoms with Gasteiger partial charge in [0.05, 0.1) is 16.7 Å². The van der Waals surface area contributed by atoms with Crippen molar-refractivity contribution in [2.24, 2.45) is 0 Å². The van der Waals surface area contributed by atoms with E-state index in [2.05, 4.69) is 161 Å². The Bertz CT molecular complexity index is 2400. The summed E-state index contributed by atoms with van der Waals surface area (Å²) in [6, 6.07) is 55.9. The van der Waals surface area contributed by atoms with E-state index in [0.717, 1.165) is 44.7 Å². The zero-order valence-corrected chi connectivity index (χ0v) is 23.3. The van der Waals surface area contributed by atoms with Gasteiger partial charge in [-0.25, -0.2) is 0 Å². The maximum atomic E-state index is 6.65. The van der Waals surface area contributed by atoms with E-state index in [4.69, 9.17) is 4.42 Å². The predicted octanol–water partition coefficient (Wildman–Crippen LogP) is 11.3. The van der Waals surface area contributed by atoms with Crippen molar-refractivity contribution >= 4 is 71.6 Å². The first-order valence-corrected chi connectivity index (χ1v) is 14.6. The number of anilines is 3. The standard InChI is InChI=1S/C40H26N2O/c1-2-13-28(14-3-1)41(37-26-27-12-4-5-15-31(27)39-34-18-8-11-21-38(34)43-40(37)39)29-22-24-30(25-23-29)42-35-19-9-6-16-32(35)33-17-7-10-20-36(33)42/h1-26H. The Morgan fingerprint density at radius 1 is 0.465 bits per heavy atom. The van der Waals surface area contributed by atoms with Crippen LogP contribution in [-0.4, -0.2) is 4.57 Å². The summed E-state index contributed by atoms with van der Waals surface area (Å²) in [5.74, 6) is 0. The molecule has 0 aliphatic carbocycles. The molecule has 0 radical (unpaired) electrons. The van der Waals surface area contributed by atoms with Gasteiger partial charge in [-0.05, 0) is 71.4 Å². The molecule has 0 saturated heterocycles. The van der Waals surface area contributed by atoms with Gasteiger partial charge >= 0.3 is 0 Å². The van der Waals surface area contributed by atoms with Crippen molar-refractivity contribution in [3.05, 3.63) is 158 Å². The maximum Gasteiger partial charge on any atom is 0.160 e. The SMILES string of the molecule is c1ccc(N(c2ccc(-n3c4ccccc4c4ccccc43)cc2)c2cc3ccccc3c3c2oc2ccccc23)cc1. The molecule has 0 spiro atoms. The third kappa shape index (κ3) is 3.62. The molecule has 0 bridgehead atoms. The molecule has 7 aromatic carbocycles. The second kappa shape index (κ2) is 9.37. The van der Waals surface area contributed by atoms with E-state index in [1.165, 1.54) is 32.6 Å². The third-order valence-corrected chi connectivity index (χ3v) is 8.55. The molecule has 9 rings (SSSR count). The van der Waals surface area contributed by atoms with Gasteiger partial charge in [-0.2, -0.15) is 0 Å². The highest BCUT2D eigenvalue weighted by molar-refractivity contribution is 6.23. The fourth-order valence-corrected chi connectivity index (χ4v) is 6.68. The Balaban J connectivity index is 1.29. The van der Waals surface area contributed by atoms with Crippen LogP contribution in [0.3, 0.4) is 0 Å². The van der Waals surface area contributed by atoms with Gasteiger partial charge in [-0.3, -0.25) is 0 Å². The first-order valence-electron chi connectivity index (χ1n) is 14.6. The molecule has 0 atom stereocenters. The summed E-state index contributed by atoms with van der Waals surface area (Å²) in [5.41, 5.74) is 8.46. The topological polar surface area (TPSA) is 21.3 Å². The van der Waals surface area contributed by atoms with Gasteiger partial charge in [0.15, 0.2) is 5.58 Å². The lowest BCUT2D eigenvalue weighted by atomic mass is 10.0. The quantitative estimate of drug-likeness (QED) is 0.217. The molecule has 202 valence electrons. The van der Waals surface area contributed by atoms with E-state index in [1.807, 2.05) is 6.07 Å². The van der Waals surface area contributed by atoms with E-state index >= 15 is 0 Å². The minimum atomic E-state index is 0.884. The zero-order chi connectivity index (χ0) is 28.3. The highest BCUT2D eigenvalue weighted by Crippen LogP contribution is 2.45. The van der Waals surface area contributed by atoms with Gasteiger partial charge in [0.1, 0.15) is 5.58 Å². The lowest BCUT2D eigenvalue weighted by Gasteiger charge is -2.26. The second-order valence-corrected chi connectivity index (χ2v) is 11.0. The molecule has 0 aliphatic heterocycles. The van der Waals surface area contributed by atoms with Crippen LogP contribution in [0.25, 0.3) is 60.2 Å². The normalized spacial score (nSPS) is 11.7. The van der Waals surface area contributed by atoms with Crippen LogP contribution in [-0.2, 0) is 0 Å². The number of hydrogen-bond acceptors (Lipinski definition) is 2. The van der Waals surface area contributed by atoms with Crippen LogP contribution in [0.2, 0.25) is 0 Å². The molecule has 9 aromatic rings. The molecular weight excluding hydrogens is 524 g/mol. The molecule has 0 unspecified atom stereocenters. The Morgan fingerprint density at radius 3 is 1.74 bits per heavy atom. The van der Waals surface area contributed by atoms with Crippen LogP contribution >= 0.6 is 0 Å². The monoisotopic (exact) mass is 550 g/mol. The van der Waals surface area contributed by atoms with E-state index in [1.54, 1.807) is 0 Å². The predicted molar refractivity (Wildman–Crippen MR) is 180 cm³/mol. The molecule has 2 heterocycles. The van der Waals surface area contributed by atoms with E-state index in [0.29, 0.717) is 0 Å². The van der Waals surface area contributed by atoms with Gasteiger partial charge in [-0.1, -0.05) is 97.1 Å². The van der Waals surface area contributed by atoms with Gasteiger partial charge < -0.3 is 13.9 Å². The Morgan fingerprint density at radius 2 is 1.02 bits per heavy atom. The lowest BCUT2D eigenvalue weighted by Crippen LogP contribution is -2.10.